The van der Waals surface area contributed by atoms with Gasteiger partial charge in [0.1, 0.15) is 17.7 Å². The number of H-pyrrole nitrogens is 1. The van der Waals surface area contributed by atoms with Crippen molar-refractivity contribution in [3.05, 3.63) is 29.4 Å². The molecular weight excluding hydrogens is 302 g/mol. The predicted molar refractivity (Wildman–Crippen MR) is 76.5 cm³/mol. The maximum absolute atomic E-state index is 11.1. The Labute approximate surface area is 120 Å². The Balaban J connectivity index is 1.80. The Morgan fingerprint density at radius 3 is 2.70 bits per heavy atom. The topological polar surface area (TPSA) is 98.1 Å². The molecule has 0 amide bonds. The minimum Gasteiger partial charge on any atom is -0.487 e. The summed E-state index contributed by atoms with van der Waals surface area (Å²) in [7, 11) is -2.91. The molecule has 1 aromatic carbocycles. The van der Waals surface area contributed by atoms with Gasteiger partial charge in [0.2, 0.25) is 0 Å². The molecule has 0 spiro atoms. The molecular formula is C12H12ClN3O3S. The number of aromatic amines is 1. The lowest BCUT2D eigenvalue weighted by Crippen LogP contribution is -2.45. The lowest BCUT2D eigenvalue weighted by atomic mass is 10.1. The highest BCUT2D eigenvalue weighted by Gasteiger charge is 2.35. The molecule has 0 aliphatic carbocycles. The number of rotatable bonds is 3. The normalized spacial score (nSPS) is 17.6. The van der Waals surface area contributed by atoms with Crippen LogP contribution >= 0.6 is 11.6 Å². The molecule has 1 fully saturated rings. The van der Waals surface area contributed by atoms with Gasteiger partial charge in [-0.05, 0) is 17.7 Å². The summed E-state index contributed by atoms with van der Waals surface area (Å²) in [5.74, 6) is 1.01. The van der Waals surface area contributed by atoms with Crippen molar-refractivity contribution in [2.75, 3.05) is 17.2 Å². The molecule has 0 radical (unpaired) electrons. The van der Waals surface area contributed by atoms with Crippen molar-refractivity contribution in [3.8, 4) is 16.9 Å². The summed E-state index contributed by atoms with van der Waals surface area (Å²) in [6, 6.07) is 5.22. The van der Waals surface area contributed by atoms with Gasteiger partial charge < -0.3 is 10.5 Å². The molecule has 3 N–H and O–H groups in total. The van der Waals surface area contributed by atoms with Crippen LogP contribution in [0.15, 0.2) is 24.4 Å². The summed E-state index contributed by atoms with van der Waals surface area (Å²) in [6.07, 6.45) is 1.29. The van der Waals surface area contributed by atoms with Crippen molar-refractivity contribution in [2.45, 2.75) is 6.10 Å². The molecule has 106 valence electrons. The molecule has 0 bridgehead atoms. The van der Waals surface area contributed by atoms with E-state index < -0.39 is 9.84 Å². The van der Waals surface area contributed by atoms with E-state index in [0.29, 0.717) is 16.6 Å². The highest BCUT2D eigenvalue weighted by molar-refractivity contribution is 7.92. The molecule has 2 heterocycles. The van der Waals surface area contributed by atoms with Crippen LogP contribution in [-0.2, 0) is 9.84 Å². The second-order valence-electron chi connectivity index (χ2n) is 4.66. The van der Waals surface area contributed by atoms with Crippen molar-refractivity contribution in [1.82, 2.24) is 10.2 Å². The maximum Gasteiger partial charge on any atom is 0.157 e. The van der Waals surface area contributed by atoms with E-state index in [2.05, 4.69) is 10.2 Å². The number of sulfone groups is 1. The second-order valence-corrected chi connectivity index (χ2v) is 7.22. The monoisotopic (exact) mass is 313 g/mol. The van der Waals surface area contributed by atoms with Crippen molar-refractivity contribution >= 4 is 27.3 Å². The van der Waals surface area contributed by atoms with E-state index >= 15 is 0 Å². The number of ether oxygens (including phenoxy) is 1. The molecule has 0 unspecified atom stereocenters. The van der Waals surface area contributed by atoms with Gasteiger partial charge in [0.05, 0.1) is 22.7 Å². The molecule has 1 saturated heterocycles. The van der Waals surface area contributed by atoms with E-state index in [1.807, 2.05) is 0 Å². The third-order valence-corrected chi connectivity index (χ3v) is 5.14. The van der Waals surface area contributed by atoms with Crippen LogP contribution in [0.25, 0.3) is 11.1 Å². The van der Waals surface area contributed by atoms with Crippen LogP contribution in [0, 0.1) is 0 Å². The Morgan fingerprint density at radius 2 is 2.15 bits per heavy atom. The third kappa shape index (κ3) is 2.46. The molecule has 2 aromatic rings. The summed E-state index contributed by atoms with van der Waals surface area (Å²) >= 11 is 6.15. The SMILES string of the molecule is Nc1[nH]ncc1-c1ccc(OC2CS(=O)(=O)C2)c(Cl)c1. The fraction of sp³-hybridized carbons (Fsp3) is 0.250. The van der Waals surface area contributed by atoms with Gasteiger partial charge >= 0.3 is 0 Å². The average Bonchev–Trinajstić information content (AvgIpc) is 2.76. The van der Waals surface area contributed by atoms with Crippen LogP contribution in [0.3, 0.4) is 0 Å². The summed E-state index contributed by atoms with van der Waals surface area (Å²) in [5, 5.41) is 6.90. The first-order valence-corrected chi connectivity index (χ1v) is 8.10. The predicted octanol–water partition coefficient (Wildman–Crippen LogP) is 1.49. The minimum absolute atomic E-state index is 0.0414. The Bertz CT molecular complexity index is 745. The first kappa shape index (κ1) is 13.3. The molecule has 0 atom stereocenters. The van der Waals surface area contributed by atoms with Crippen molar-refractivity contribution in [3.63, 3.8) is 0 Å². The number of nitrogen functional groups attached to an aromatic ring is 1. The number of nitrogens with one attached hydrogen (secondary N) is 1. The number of anilines is 1. The van der Waals surface area contributed by atoms with E-state index in [9.17, 15) is 8.42 Å². The first-order chi connectivity index (χ1) is 9.44. The number of aromatic nitrogens is 2. The highest BCUT2D eigenvalue weighted by Crippen LogP contribution is 2.33. The van der Waals surface area contributed by atoms with Gasteiger partial charge in [-0.2, -0.15) is 5.10 Å². The Hall–Kier alpha value is -1.73. The van der Waals surface area contributed by atoms with Gasteiger partial charge in [-0.15, -0.1) is 0 Å². The lowest BCUT2D eigenvalue weighted by Gasteiger charge is -2.27. The molecule has 8 heteroatoms. The van der Waals surface area contributed by atoms with Crippen LogP contribution in [0.5, 0.6) is 5.75 Å². The summed E-state index contributed by atoms with van der Waals surface area (Å²) < 4.78 is 27.7. The summed E-state index contributed by atoms with van der Waals surface area (Å²) in [5.41, 5.74) is 7.31. The van der Waals surface area contributed by atoms with Crippen LogP contribution in [0.1, 0.15) is 0 Å². The smallest absolute Gasteiger partial charge is 0.157 e. The zero-order chi connectivity index (χ0) is 14.3. The highest BCUT2D eigenvalue weighted by atomic mass is 35.5. The zero-order valence-corrected chi connectivity index (χ0v) is 11.9. The molecule has 0 saturated carbocycles. The van der Waals surface area contributed by atoms with E-state index in [4.69, 9.17) is 22.1 Å². The Kier molecular flexibility index (Phi) is 3.10. The van der Waals surface area contributed by atoms with Crippen molar-refractivity contribution in [1.29, 1.82) is 0 Å². The van der Waals surface area contributed by atoms with Gasteiger partial charge in [0, 0.05) is 5.56 Å². The first-order valence-electron chi connectivity index (χ1n) is 5.90. The molecule has 1 aromatic heterocycles. The number of hydrogen-bond donors (Lipinski definition) is 2. The Morgan fingerprint density at radius 1 is 1.40 bits per heavy atom. The zero-order valence-electron chi connectivity index (χ0n) is 10.3. The number of hydrogen-bond acceptors (Lipinski definition) is 5. The number of benzene rings is 1. The van der Waals surface area contributed by atoms with Gasteiger partial charge in [0.15, 0.2) is 9.84 Å². The largest absolute Gasteiger partial charge is 0.487 e. The number of nitrogens with two attached hydrogens (primary N) is 1. The van der Waals surface area contributed by atoms with Crippen molar-refractivity contribution in [2.24, 2.45) is 0 Å². The summed E-state index contributed by atoms with van der Waals surface area (Å²) in [6.45, 7) is 0. The molecule has 1 aliphatic heterocycles. The molecule has 1 aliphatic rings. The number of nitrogens with zero attached hydrogens (tertiary/aromatic N) is 1. The summed E-state index contributed by atoms with van der Waals surface area (Å²) in [4.78, 5) is 0. The molecule has 6 nitrogen and oxygen atoms in total. The van der Waals surface area contributed by atoms with E-state index in [1.165, 1.54) is 0 Å². The molecule has 3 rings (SSSR count). The lowest BCUT2D eigenvalue weighted by molar-refractivity contribution is 0.230. The maximum atomic E-state index is 11.1. The minimum atomic E-state index is -2.91. The fourth-order valence-electron chi connectivity index (χ4n) is 2.06. The van der Waals surface area contributed by atoms with E-state index in [1.54, 1.807) is 24.4 Å². The van der Waals surface area contributed by atoms with E-state index in [-0.39, 0.29) is 17.6 Å². The van der Waals surface area contributed by atoms with E-state index in [0.717, 1.165) is 11.1 Å². The number of halogens is 1. The standard InChI is InChI=1S/C12H12ClN3O3S/c13-10-3-7(9-4-15-16-12(9)14)1-2-11(10)19-8-5-20(17,18)6-8/h1-4,8H,5-6H2,(H3,14,15,16). The van der Waals surface area contributed by atoms with Crippen LogP contribution in [0.2, 0.25) is 5.02 Å². The van der Waals surface area contributed by atoms with Crippen LogP contribution in [-0.4, -0.2) is 36.2 Å². The third-order valence-electron chi connectivity index (χ3n) is 3.08. The van der Waals surface area contributed by atoms with Gasteiger partial charge in [0.25, 0.3) is 0 Å². The van der Waals surface area contributed by atoms with Gasteiger partial charge in [-0.1, -0.05) is 17.7 Å². The van der Waals surface area contributed by atoms with Crippen LogP contribution < -0.4 is 10.5 Å². The second kappa shape index (κ2) is 4.68. The van der Waals surface area contributed by atoms with Gasteiger partial charge in [-0.3, -0.25) is 5.10 Å². The van der Waals surface area contributed by atoms with Gasteiger partial charge in [-0.25, -0.2) is 8.42 Å². The average molecular weight is 314 g/mol. The fourth-order valence-corrected chi connectivity index (χ4v) is 3.45. The van der Waals surface area contributed by atoms with Crippen LogP contribution in [0.4, 0.5) is 5.82 Å². The molecule has 20 heavy (non-hydrogen) atoms. The quantitative estimate of drug-likeness (QED) is 0.894. The van der Waals surface area contributed by atoms with Crippen molar-refractivity contribution < 1.29 is 13.2 Å².